The highest BCUT2D eigenvalue weighted by atomic mass is 35.5. The van der Waals surface area contributed by atoms with Crippen LogP contribution in [0.3, 0.4) is 0 Å². The Labute approximate surface area is 174 Å². The molecule has 0 radical (unpaired) electrons. The second kappa shape index (κ2) is 9.45. The first-order chi connectivity index (χ1) is 13.6. The summed E-state index contributed by atoms with van der Waals surface area (Å²) in [6.07, 6.45) is 1.75. The Bertz CT molecular complexity index is 977. The van der Waals surface area contributed by atoms with Crippen LogP contribution in [0.25, 0.3) is 11.6 Å². The van der Waals surface area contributed by atoms with Crippen molar-refractivity contribution in [2.75, 3.05) is 7.11 Å². The molecule has 0 fully saturated rings. The minimum absolute atomic E-state index is 0.0204. The van der Waals surface area contributed by atoms with Gasteiger partial charge in [0.1, 0.15) is 12.4 Å². The molecule has 0 heterocycles. The van der Waals surface area contributed by atoms with E-state index in [9.17, 15) is 4.79 Å². The van der Waals surface area contributed by atoms with Crippen molar-refractivity contribution in [3.8, 4) is 5.75 Å². The fraction of sp³-hybridized carbons (Fsp3) is 0.0870. The molecule has 0 aliphatic carbocycles. The van der Waals surface area contributed by atoms with Gasteiger partial charge in [-0.25, -0.2) is 4.79 Å². The van der Waals surface area contributed by atoms with E-state index < -0.39 is 5.97 Å². The predicted molar refractivity (Wildman–Crippen MR) is 114 cm³/mol. The van der Waals surface area contributed by atoms with E-state index in [4.69, 9.17) is 32.7 Å². The number of para-hydroxylation sites is 1. The molecule has 0 saturated carbocycles. The van der Waals surface area contributed by atoms with E-state index in [1.54, 1.807) is 31.4 Å². The summed E-state index contributed by atoms with van der Waals surface area (Å²) in [5.74, 6) is 0.186. The summed E-state index contributed by atoms with van der Waals surface area (Å²) in [5, 5.41) is 0.908. The van der Waals surface area contributed by atoms with Gasteiger partial charge in [-0.1, -0.05) is 77.8 Å². The largest absolute Gasteiger partial charge is 0.496 e. The molecule has 3 nitrogen and oxygen atoms in total. The number of hydrogen-bond donors (Lipinski definition) is 0. The van der Waals surface area contributed by atoms with Crippen LogP contribution < -0.4 is 4.74 Å². The third-order valence-electron chi connectivity index (χ3n) is 4.15. The van der Waals surface area contributed by atoms with Crippen molar-refractivity contribution in [1.82, 2.24) is 0 Å². The fourth-order valence-electron chi connectivity index (χ4n) is 2.70. The molecule has 0 aliphatic rings. The Morgan fingerprint density at radius 3 is 2.21 bits per heavy atom. The number of ether oxygens (including phenoxy) is 2. The number of carbonyl (C=O) groups excluding carboxylic acids is 1. The van der Waals surface area contributed by atoms with Crippen molar-refractivity contribution in [1.29, 1.82) is 0 Å². The maximum atomic E-state index is 12.9. The number of hydrogen-bond acceptors (Lipinski definition) is 3. The average Bonchev–Trinajstić information content (AvgIpc) is 2.72. The molecular weight excluding hydrogens is 395 g/mol. The zero-order valence-corrected chi connectivity index (χ0v) is 16.7. The third kappa shape index (κ3) is 4.75. The van der Waals surface area contributed by atoms with Gasteiger partial charge in [0.05, 0.1) is 12.7 Å². The highest BCUT2D eigenvalue weighted by Crippen LogP contribution is 2.28. The molecule has 28 heavy (non-hydrogen) atoms. The lowest BCUT2D eigenvalue weighted by Crippen LogP contribution is -2.08. The molecule has 0 atom stereocenters. The Morgan fingerprint density at radius 1 is 0.893 bits per heavy atom. The minimum Gasteiger partial charge on any atom is -0.496 e. The van der Waals surface area contributed by atoms with Gasteiger partial charge < -0.3 is 9.47 Å². The summed E-state index contributed by atoms with van der Waals surface area (Å²) in [4.78, 5) is 12.9. The van der Waals surface area contributed by atoms with Gasteiger partial charge in [0.25, 0.3) is 0 Å². The zero-order chi connectivity index (χ0) is 19.9. The van der Waals surface area contributed by atoms with E-state index in [1.165, 1.54) is 0 Å². The molecule has 0 unspecified atom stereocenters. The maximum absolute atomic E-state index is 12.9. The highest BCUT2D eigenvalue weighted by Gasteiger charge is 2.16. The van der Waals surface area contributed by atoms with Crippen LogP contribution in [0.4, 0.5) is 0 Å². The lowest BCUT2D eigenvalue weighted by Gasteiger charge is -2.12. The Morgan fingerprint density at radius 2 is 1.54 bits per heavy atom. The van der Waals surface area contributed by atoms with Crippen molar-refractivity contribution < 1.29 is 14.3 Å². The minimum atomic E-state index is -0.479. The molecule has 3 rings (SSSR count). The number of halogens is 2. The lowest BCUT2D eigenvalue weighted by atomic mass is 10.0. The molecule has 0 aromatic heterocycles. The number of methoxy groups -OCH3 is 1. The van der Waals surface area contributed by atoms with Crippen LogP contribution in [0.1, 0.15) is 16.7 Å². The van der Waals surface area contributed by atoms with E-state index in [2.05, 4.69) is 0 Å². The molecule has 0 N–H and O–H groups in total. The smallest absolute Gasteiger partial charge is 0.339 e. The number of benzene rings is 3. The monoisotopic (exact) mass is 412 g/mol. The van der Waals surface area contributed by atoms with Crippen molar-refractivity contribution >= 4 is 40.8 Å². The van der Waals surface area contributed by atoms with Crippen molar-refractivity contribution in [3.05, 3.63) is 99.5 Å². The van der Waals surface area contributed by atoms with Crippen LogP contribution in [0, 0.1) is 0 Å². The van der Waals surface area contributed by atoms with E-state index in [1.807, 2.05) is 54.6 Å². The molecule has 5 heteroatoms. The third-order valence-corrected chi connectivity index (χ3v) is 4.86. The van der Waals surface area contributed by atoms with E-state index in [-0.39, 0.29) is 6.61 Å². The molecule has 0 aliphatic heterocycles. The first-order valence-corrected chi connectivity index (χ1v) is 9.36. The summed E-state index contributed by atoms with van der Waals surface area (Å²) in [6, 6.07) is 21.9. The molecule has 142 valence electrons. The van der Waals surface area contributed by atoms with E-state index in [0.29, 0.717) is 26.9 Å². The standard InChI is InChI=1S/C23H18Cl2O3/c1-27-22-13-6-5-10-17(22)14-18(16-8-3-2-4-9-16)23(26)28-15-19-20(24)11-7-12-21(19)25/h2-14H,15H2,1H3/b18-14+. The molecule has 0 saturated heterocycles. The van der Waals surface area contributed by atoms with Crippen LogP contribution >= 0.6 is 23.2 Å². The van der Waals surface area contributed by atoms with Crippen LogP contribution in [0.15, 0.2) is 72.8 Å². The molecule has 3 aromatic rings. The van der Waals surface area contributed by atoms with Gasteiger partial charge in [-0.05, 0) is 29.8 Å². The quantitative estimate of drug-likeness (QED) is 0.271. The number of carbonyl (C=O) groups is 1. The highest BCUT2D eigenvalue weighted by molar-refractivity contribution is 6.36. The maximum Gasteiger partial charge on any atom is 0.339 e. The van der Waals surface area contributed by atoms with Crippen LogP contribution in [-0.2, 0) is 16.1 Å². The second-order valence-corrected chi connectivity index (χ2v) is 6.76. The predicted octanol–water partition coefficient (Wildman–Crippen LogP) is 6.29. The van der Waals surface area contributed by atoms with Gasteiger partial charge in [-0.2, -0.15) is 0 Å². The van der Waals surface area contributed by atoms with Crippen molar-refractivity contribution in [2.24, 2.45) is 0 Å². The normalized spacial score (nSPS) is 11.2. The first kappa shape index (κ1) is 20.0. The number of rotatable bonds is 6. The molecule has 0 spiro atoms. The SMILES string of the molecule is COc1ccccc1/C=C(/C(=O)OCc1c(Cl)cccc1Cl)c1ccccc1. The topological polar surface area (TPSA) is 35.5 Å². The van der Waals surface area contributed by atoms with Gasteiger partial charge in [0.2, 0.25) is 0 Å². The lowest BCUT2D eigenvalue weighted by molar-refractivity contribution is -0.137. The summed E-state index contributed by atoms with van der Waals surface area (Å²) in [6.45, 7) is -0.0204. The zero-order valence-electron chi connectivity index (χ0n) is 15.2. The van der Waals surface area contributed by atoms with Crippen LogP contribution in [0.5, 0.6) is 5.75 Å². The van der Waals surface area contributed by atoms with Crippen LogP contribution in [0.2, 0.25) is 10.0 Å². The van der Waals surface area contributed by atoms with Crippen LogP contribution in [-0.4, -0.2) is 13.1 Å². The van der Waals surface area contributed by atoms with Gasteiger partial charge in [-0.3, -0.25) is 0 Å². The van der Waals surface area contributed by atoms with Gasteiger partial charge in [0, 0.05) is 21.2 Å². The summed E-state index contributed by atoms with van der Waals surface area (Å²) in [7, 11) is 1.59. The van der Waals surface area contributed by atoms with Gasteiger partial charge >= 0.3 is 5.97 Å². The van der Waals surface area contributed by atoms with Gasteiger partial charge in [0.15, 0.2) is 0 Å². The fourth-order valence-corrected chi connectivity index (χ4v) is 3.21. The molecular formula is C23H18Cl2O3. The van der Waals surface area contributed by atoms with Gasteiger partial charge in [-0.15, -0.1) is 0 Å². The Kier molecular flexibility index (Phi) is 6.75. The first-order valence-electron chi connectivity index (χ1n) is 8.60. The Balaban J connectivity index is 1.93. The number of esters is 1. The molecule has 0 amide bonds. The molecule has 0 bridgehead atoms. The van der Waals surface area contributed by atoms with Crippen molar-refractivity contribution in [2.45, 2.75) is 6.61 Å². The van der Waals surface area contributed by atoms with E-state index >= 15 is 0 Å². The summed E-state index contributed by atoms with van der Waals surface area (Å²) in [5.41, 5.74) is 2.50. The molecule has 3 aromatic carbocycles. The van der Waals surface area contributed by atoms with Crippen molar-refractivity contribution in [3.63, 3.8) is 0 Å². The van der Waals surface area contributed by atoms with E-state index in [0.717, 1.165) is 11.1 Å². The Hall–Kier alpha value is -2.75. The second-order valence-electron chi connectivity index (χ2n) is 5.94. The summed E-state index contributed by atoms with van der Waals surface area (Å²) < 4.78 is 10.9. The average molecular weight is 413 g/mol. The summed E-state index contributed by atoms with van der Waals surface area (Å²) >= 11 is 12.3.